The van der Waals surface area contributed by atoms with E-state index in [1.807, 2.05) is 6.20 Å². The Kier molecular flexibility index (Phi) is 6.25. The molecular weight excluding hydrogens is 238 g/mol. The van der Waals surface area contributed by atoms with E-state index in [9.17, 15) is 0 Å². The molecule has 19 heavy (non-hydrogen) atoms. The van der Waals surface area contributed by atoms with Gasteiger partial charge in [0, 0.05) is 40.0 Å². The molecule has 0 aromatic carbocycles. The number of methoxy groups -OCH3 is 1. The second-order valence-corrected chi connectivity index (χ2v) is 6.11. The van der Waals surface area contributed by atoms with Gasteiger partial charge in [0.05, 0.1) is 6.61 Å². The zero-order valence-electron chi connectivity index (χ0n) is 12.9. The summed E-state index contributed by atoms with van der Waals surface area (Å²) in [5, 5.41) is 3.31. The molecule has 108 valence electrons. The Morgan fingerprint density at radius 1 is 1.32 bits per heavy atom. The Bertz CT molecular complexity index is 357. The van der Waals surface area contributed by atoms with E-state index in [-0.39, 0.29) is 5.41 Å². The molecule has 0 unspecified atom stereocenters. The van der Waals surface area contributed by atoms with Crippen LogP contribution < -0.4 is 10.2 Å². The SMILES string of the molecule is COCCNCc1ccc(N(C)CC(C)(C)C)nc1. The molecule has 0 saturated carbocycles. The van der Waals surface area contributed by atoms with Gasteiger partial charge < -0.3 is 15.0 Å². The molecule has 0 aliphatic rings. The molecule has 0 amide bonds. The number of nitrogens with zero attached hydrogens (tertiary/aromatic N) is 2. The van der Waals surface area contributed by atoms with Crippen molar-refractivity contribution in [3.63, 3.8) is 0 Å². The Morgan fingerprint density at radius 2 is 2.05 bits per heavy atom. The Hall–Kier alpha value is -1.13. The minimum Gasteiger partial charge on any atom is -0.383 e. The van der Waals surface area contributed by atoms with Gasteiger partial charge in [-0.15, -0.1) is 0 Å². The summed E-state index contributed by atoms with van der Waals surface area (Å²) in [6.45, 7) is 10.1. The number of nitrogens with one attached hydrogen (secondary N) is 1. The van der Waals surface area contributed by atoms with Crippen LogP contribution in [0.1, 0.15) is 26.3 Å². The fourth-order valence-corrected chi connectivity index (χ4v) is 1.95. The number of aromatic nitrogens is 1. The van der Waals surface area contributed by atoms with Crippen LogP contribution in [0.3, 0.4) is 0 Å². The monoisotopic (exact) mass is 265 g/mol. The lowest BCUT2D eigenvalue weighted by atomic mass is 9.96. The molecule has 0 bridgehead atoms. The van der Waals surface area contributed by atoms with E-state index < -0.39 is 0 Å². The number of pyridine rings is 1. The predicted molar refractivity (Wildman–Crippen MR) is 80.5 cm³/mol. The number of ether oxygens (including phenoxy) is 1. The number of anilines is 1. The summed E-state index contributed by atoms with van der Waals surface area (Å²) in [4.78, 5) is 6.71. The molecular formula is C15H27N3O. The van der Waals surface area contributed by atoms with Crippen LogP contribution in [0.15, 0.2) is 18.3 Å². The third kappa shape index (κ3) is 6.55. The fraction of sp³-hybridized carbons (Fsp3) is 0.667. The normalized spacial score (nSPS) is 11.6. The Morgan fingerprint density at radius 3 is 2.58 bits per heavy atom. The zero-order chi connectivity index (χ0) is 14.3. The summed E-state index contributed by atoms with van der Waals surface area (Å²) in [5.41, 5.74) is 1.47. The lowest BCUT2D eigenvalue weighted by Crippen LogP contribution is -2.29. The van der Waals surface area contributed by atoms with Gasteiger partial charge in [0.25, 0.3) is 0 Å². The molecule has 0 fully saturated rings. The maximum Gasteiger partial charge on any atom is 0.128 e. The highest BCUT2D eigenvalue weighted by Crippen LogP contribution is 2.18. The minimum atomic E-state index is 0.275. The topological polar surface area (TPSA) is 37.4 Å². The molecule has 1 aromatic heterocycles. The molecule has 0 aliphatic carbocycles. The van der Waals surface area contributed by atoms with Crippen LogP contribution in [0.2, 0.25) is 0 Å². The van der Waals surface area contributed by atoms with Crippen LogP contribution in [0.5, 0.6) is 0 Å². The molecule has 4 nitrogen and oxygen atoms in total. The van der Waals surface area contributed by atoms with Gasteiger partial charge in [-0.3, -0.25) is 0 Å². The van der Waals surface area contributed by atoms with E-state index in [1.54, 1.807) is 7.11 Å². The minimum absolute atomic E-state index is 0.275. The summed E-state index contributed by atoms with van der Waals surface area (Å²) < 4.78 is 4.99. The van der Waals surface area contributed by atoms with Gasteiger partial charge in [-0.05, 0) is 17.0 Å². The molecule has 1 N–H and O–H groups in total. The number of rotatable bonds is 7. The van der Waals surface area contributed by atoms with E-state index in [0.29, 0.717) is 0 Å². The first-order chi connectivity index (χ1) is 8.92. The van der Waals surface area contributed by atoms with Crippen LogP contribution in [0.25, 0.3) is 0 Å². The summed E-state index contributed by atoms with van der Waals surface area (Å²) in [7, 11) is 3.80. The number of hydrogen-bond donors (Lipinski definition) is 1. The van der Waals surface area contributed by atoms with Gasteiger partial charge in [0.1, 0.15) is 5.82 Å². The highest BCUT2D eigenvalue weighted by atomic mass is 16.5. The van der Waals surface area contributed by atoms with Crippen molar-refractivity contribution in [2.75, 3.05) is 38.8 Å². The second-order valence-electron chi connectivity index (χ2n) is 6.11. The van der Waals surface area contributed by atoms with Crippen LogP contribution >= 0.6 is 0 Å². The highest BCUT2D eigenvalue weighted by molar-refractivity contribution is 5.38. The molecule has 1 heterocycles. The van der Waals surface area contributed by atoms with E-state index >= 15 is 0 Å². The van der Waals surface area contributed by atoms with Crippen molar-refractivity contribution >= 4 is 5.82 Å². The third-order valence-corrected chi connectivity index (χ3v) is 2.72. The molecule has 4 heteroatoms. The van der Waals surface area contributed by atoms with Gasteiger partial charge in [-0.2, -0.15) is 0 Å². The summed E-state index contributed by atoms with van der Waals surface area (Å²) in [6, 6.07) is 4.21. The first-order valence-electron chi connectivity index (χ1n) is 6.78. The first kappa shape index (κ1) is 15.9. The average molecular weight is 265 g/mol. The maximum atomic E-state index is 4.99. The molecule has 0 spiro atoms. The van der Waals surface area contributed by atoms with Crippen molar-refractivity contribution in [3.05, 3.63) is 23.9 Å². The van der Waals surface area contributed by atoms with E-state index in [4.69, 9.17) is 4.74 Å². The third-order valence-electron chi connectivity index (χ3n) is 2.72. The molecule has 0 atom stereocenters. The van der Waals surface area contributed by atoms with Crippen LogP contribution in [0.4, 0.5) is 5.82 Å². The van der Waals surface area contributed by atoms with Crippen molar-refractivity contribution < 1.29 is 4.74 Å². The molecule has 0 radical (unpaired) electrons. The zero-order valence-corrected chi connectivity index (χ0v) is 12.9. The summed E-state index contributed by atoms with van der Waals surface area (Å²) in [6.07, 6.45) is 1.94. The van der Waals surface area contributed by atoms with Gasteiger partial charge in [0.15, 0.2) is 0 Å². The average Bonchev–Trinajstić information content (AvgIpc) is 2.33. The van der Waals surface area contributed by atoms with Crippen molar-refractivity contribution in [1.29, 1.82) is 0 Å². The molecule has 1 aromatic rings. The Labute approximate surface area is 117 Å². The van der Waals surface area contributed by atoms with Crippen molar-refractivity contribution in [1.82, 2.24) is 10.3 Å². The number of hydrogen-bond acceptors (Lipinski definition) is 4. The molecule has 0 aliphatic heterocycles. The quantitative estimate of drug-likeness (QED) is 0.768. The van der Waals surface area contributed by atoms with E-state index in [0.717, 1.165) is 32.1 Å². The molecule has 1 rings (SSSR count). The van der Waals surface area contributed by atoms with Crippen LogP contribution in [-0.2, 0) is 11.3 Å². The Balaban J connectivity index is 2.47. The fourth-order valence-electron chi connectivity index (χ4n) is 1.95. The van der Waals surface area contributed by atoms with Gasteiger partial charge >= 0.3 is 0 Å². The van der Waals surface area contributed by atoms with Crippen molar-refractivity contribution in [2.45, 2.75) is 27.3 Å². The van der Waals surface area contributed by atoms with E-state index in [2.05, 4.69) is 55.2 Å². The maximum absolute atomic E-state index is 4.99. The smallest absolute Gasteiger partial charge is 0.128 e. The van der Waals surface area contributed by atoms with Gasteiger partial charge in [0.2, 0.25) is 0 Å². The van der Waals surface area contributed by atoms with Crippen molar-refractivity contribution in [3.8, 4) is 0 Å². The largest absolute Gasteiger partial charge is 0.383 e. The standard InChI is InChI=1S/C15H27N3O/c1-15(2,3)12-18(4)14-7-6-13(11-17-14)10-16-8-9-19-5/h6-7,11,16H,8-10,12H2,1-5H3. The van der Waals surface area contributed by atoms with E-state index in [1.165, 1.54) is 5.56 Å². The lowest BCUT2D eigenvalue weighted by molar-refractivity contribution is 0.199. The van der Waals surface area contributed by atoms with Gasteiger partial charge in [-0.25, -0.2) is 4.98 Å². The molecule has 0 saturated heterocycles. The second kappa shape index (κ2) is 7.46. The van der Waals surface area contributed by atoms with Crippen molar-refractivity contribution in [2.24, 2.45) is 5.41 Å². The predicted octanol–water partition coefficient (Wildman–Crippen LogP) is 2.30. The van der Waals surface area contributed by atoms with Crippen LogP contribution in [0, 0.1) is 5.41 Å². The lowest BCUT2D eigenvalue weighted by Gasteiger charge is -2.27. The first-order valence-corrected chi connectivity index (χ1v) is 6.78. The summed E-state index contributed by atoms with van der Waals surface area (Å²) in [5.74, 6) is 1.02. The van der Waals surface area contributed by atoms with Crippen LogP contribution in [-0.4, -0.2) is 38.8 Å². The van der Waals surface area contributed by atoms with Gasteiger partial charge in [-0.1, -0.05) is 26.8 Å². The summed E-state index contributed by atoms with van der Waals surface area (Å²) >= 11 is 0. The highest BCUT2D eigenvalue weighted by Gasteiger charge is 2.14.